The molecule has 1 N–H and O–H groups in total. The van der Waals surface area contributed by atoms with Crippen LogP contribution in [0.4, 0.5) is 0 Å². The number of carbonyl (C=O) groups excluding carboxylic acids is 1. The lowest BCUT2D eigenvalue weighted by molar-refractivity contribution is -0.121. The van der Waals surface area contributed by atoms with Crippen LogP contribution in [-0.4, -0.2) is 23.6 Å². The summed E-state index contributed by atoms with van der Waals surface area (Å²) in [4.78, 5) is 12.2. The van der Waals surface area contributed by atoms with Crippen molar-refractivity contribution in [3.05, 3.63) is 65.9 Å². The van der Waals surface area contributed by atoms with Gasteiger partial charge in [-0.25, -0.2) is 0 Å². The molecular formula is C22H26N2O2. The zero-order valence-corrected chi connectivity index (χ0v) is 15.5. The van der Waals surface area contributed by atoms with Crippen LogP contribution in [0.3, 0.4) is 0 Å². The molecule has 1 heterocycles. The fourth-order valence-electron chi connectivity index (χ4n) is 3.23. The Balaban J connectivity index is 1.45. The highest BCUT2D eigenvalue weighted by Gasteiger charge is 2.08. The Labute approximate surface area is 154 Å². The molecule has 1 aromatic heterocycles. The predicted octanol–water partition coefficient (Wildman–Crippen LogP) is 3.87. The number of amides is 1. The maximum absolute atomic E-state index is 12.2. The van der Waals surface area contributed by atoms with Crippen LogP contribution in [0.5, 0.6) is 5.75 Å². The first-order valence-corrected chi connectivity index (χ1v) is 9.18. The zero-order valence-electron chi connectivity index (χ0n) is 15.5. The number of ether oxygens (including phenoxy) is 1. The molecule has 0 aliphatic heterocycles. The number of rotatable bonds is 8. The standard InChI is InChI=1S/C22H26N2O2/c1-3-26-19-11-8-17(9-12-19)14-15-23-22(25)13-10-18-16-24(2)21-7-5-4-6-20(18)21/h4-9,11-12,16H,3,10,13-15H2,1-2H3,(H,23,25). The molecule has 1 amide bonds. The molecule has 3 aromatic rings. The van der Waals surface area contributed by atoms with Gasteiger partial charge in [0.15, 0.2) is 0 Å². The number of nitrogens with zero attached hydrogens (tertiary/aromatic N) is 1. The summed E-state index contributed by atoms with van der Waals surface area (Å²) in [6.45, 7) is 3.30. The fourth-order valence-corrected chi connectivity index (χ4v) is 3.23. The van der Waals surface area contributed by atoms with E-state index in [2.05, 4.69) is 28.2 Å². The molecule has 0 unspecified atom stereocenters. The fraction of sp³-hybridized carbons (Fsp3) is 0.318. The Kier molecular flexibility index (Phi) is 5.95. The summed E-state index contributed by atoms with van der Waals surface area (Å²) in [6, 6.07) is 16.4. The van der Waals surface area contributed by atoms with Crippen molar-refractivity contribution in [1.29, 1.82) is 0 Å². The Morgan fingerprint density at radius 2 is 1.85 bits per heavy atom. The summed E-state index contributed by atoms with van der Waals surface area (Å²) in [6.07, 6.45) is 4.22. The first kappa shape index (κ1) is 18.1. The third-order valence-corrected chi connectivity index (χ3v) is 4.57. The molecule has 0 aliphatic carbocycles. The minimum absolute atomic E-state index is 0.101. The van der Waals surface area contributed by atoms with E-state index in [1.54, 1.807) is 0 Å². The van der Waals surface area contributed by atoms with Crippen LogP contribution in [0.15, 0.2) is 54.7 Å². The van der Waals surface area contributed by atoms with Gasteiger partial charge < -0.3 is 14.6 Å². The van der Waals surface area contributed by atoms with Crippen LogP contribution in [0, 0.1) is 0 Å². The van der Waals surface area contributed by atoms with Gasteiger partial charge in [0.05, 0.1) is 6.61 Å². The van der Waals surface area contributed by atoms with Gasteiger partial charge in [-0.2, -0.15) is 0 Å². The van der Waals surface area contributed by atoms with Gasteiger partial charge in [0.2, 0.25) is 5.91 Å². The smallest absolute Gasteiger partial charge is 0.220 e. The largest absolute Gasteiger partial charge is 0.494 e. The SMILES string of the molecule is CCOc1ccc(CCNC(=O)CCc2cn(C)c3ccccc23)cc1. The summed E-state index contributed by atoms with van der Waals surface area (Å²) in [5, 5.41) is 4.25. The highest BCUT2D eigenvalue weighted by atomic mass is 16.5. The lowest BCUT2D eigenvalue weighted by atomic mass is 10.1. The number of para-hydroxylation sites is 1. The average Bonchev–Trinajstić information content (AvgIpc) is 2.98. The van der Waals surface area contributed by atoms with Crippen LogP contribution >= 0.6 is 0 Å². The molecule has 0 spiro atoms. The Morgan fingerprint density at radius 1 is 1.08 bits per heavy atom. The minimum atomic E-state index is 0.101. The molecule has 0 fully saturated rings. The van der Waals surface area contributed by atoms with Crippen molar-refractivity contribution >= 4 is 16.8 Å². The number of hydrogen-bond donors (Lipinski definition) is 1. The van der Waals surface area contributed by atoms with Crippen molar-refractivity contribution < 1.29 is 9.53 Å². The zero-order chi connectivity index (χ0) is 18.4. The predicted molar refractivity (Wildman–Crippen MR) is 106 cm³/mol. The van der Waals surface area contributed by atoms with E-state index < -0.39 is 0 Å². The van der Waals surface area contributed by atoms with E-state index >= 15 is 0 Å². The molecule has 3 rings (SSSR count). The maximum Gasteiger partial charge on any atom is 0.220 e. The van der Waals surface area contributed by atoms with Gasteiger partial charge in [0, 0.05) is 37.1 Å². The van der Waals surface area contributed by atoms with Gasteiger partial charge >= 0.3 is 0 Å². The Bertz CT molecular complexity index is 865. The van der Waals surface area contributed by atoms with Crippen LogP contribution in [0.1, 0.15) is 24.5 Å². The third-order valence-electron chi connectivity index (χ3n) is 4.57. The van der Waals surface area contributed by atoms with Gasteiger partial charge in [0.25, 0.3) is 0 Å². The number of benzene rings is 2. The number of aromatic nitrogens is 1. The number of fused-ring (bicyclic) bond motifs is 1. The molecule has 26 heavy (non-hydrogen) atoms. The Morgan fingerprint density at radius 3 is 2.62 bits per heavy atom. The van der Waals surface area contributed by atoms with Crippen LogP contribution < -0.4 is 10.1 Å². The maximum atomic E-state index is 12.2. The van der Waals surface area contributed by atoms with Gasteiger partial charge in [0.1, 0.15) is 5.75 Å². The lowest BCUT2D eigenvalue weighted by Gasteiger charge is -2.07. The molecule has 0 bridgehead atoms. The summed E-state index contributed by atoms with van der Waals surface area (Å²) < 4.78 is 7.56. The number of carbonyl (C=O) groups is 1. The normalized spacial score (nSPS) is 10.8. The lowest BCUT2D eigenvalue weighted by Crippen LogP contribution is -2.25. The van der Waals surface area contributed by atoms with Gasteiger partial charge in [-0.05, 0) is 49.1 Å². The molecule has 0 aliphatic rings. The van der Waals surface area contributed by atoms with E-state index in [1.165, 1.54) is 22.0 Å². The molecule has 0 saturated heterocycles. The van der Waals surface area contributed by atoms with Crippen molar-refractivity contribution in [2.75, 3.05) is 13.2 Å². The second-order valence-electron chi connectivity index (χ2n) is 6.46. The van der Waals surface area contributed by atoms with Gasteiger partial charge in [-0.1, -0.05) is 30.3 Å². The van der Waals surface area contributed by atoms with Crippen molar-refractivity contribution in [3.63, 3.8) is 0 Å². The van der Waals surface area contributed by atoms with Crippen LogP contribution in [-0.2, 0) is 24.7 Å². The number of hydrogen-bond acceptors (Lipinski definition) is 2. The molecule has 4 nitrogen and oxygen atoms in total. The van der Waals surface area contributed by atoms with Crippen LogP contribution in [0.2, 0.25) is 0 Å². The topological polar surface area (TPSA) is 43.3 Å². The number of nitrogens with one attached hydrogen (secondary N) is 1. The van der Waals surface area contributed by atoms with Gasteiger partial charge in [-0.15, -0.1) is 0 Å². The van der Waals surface area contributed by atoms with Crippen molar-refractivity contribution in [2.45, 2.75) is 26.2 Å². The van der Waals surface area contributed by atoms with E-state index in [1.807, 2.05) is 50.4 Å². The molecule has 0 radical (unpaired) electrons. The highest BCUT2D eigenvalue weighted by molar-refractivity contribution is 5.84. The van der Waals surface area contributed by atoms with Crippen molar-refractivity contribution in [1.82, 2.24) is 9.88 Å². The molecule has 4 heteroatoms. The van der Waals surface area contributed by atoms with Crippen molar-refractivity contribution in [2.24, 2.45) is 7.05 Å². The quantitative estimate of drug-likeness (QED) is 0.670. The second-order valence-corrected chi connectivity index (χ2v) is 6.46. The van der Waals surface area contributed by atoms with Crippen LogP contribution in [0.25, 0.3) is 10.9 Å². The van der Waals surface area contributed by atoms with E-state index in [0.29, 0.717) is 19.6 Å². The molecule has 2 aromatic carbocycles. The molecule has 0 saturated carbocycles. The average molecular weight is 350 g/mol. The number of aryl methyl sites for hydroxylation is 2. The van der Waals surface area contributed by atoms with E-state index in [0.717, 1.165) is 18.6 Å². The Hall–Kier alpha value is -2.75. The highest BCUT2D eigenvalue weighted by Crippen LogP contribution is 2.21. The monoisotopic (exact) mass is 350 g/mol. The molecule has 136 valence electrons. The second kappa shape index (κ2) is 8.56. The summed E-state index contributed by atoms with van der Waals surface area (Å²) >= 11 is 0. The first-order valence-electron chi connectivity index (χ1n) is 9.18. The van der Waals surface area contributed by atoms with E-state index in [9.17, 15) is 4.79 Å². The first-order chi connectivity index (χ1) is 12.7. The summed E-state index contributed by atoms with van der Waals surface area (Å²) in [7, 11) is 2.04. The summed E-state index contributed by atoms with van der Waals surface area (Å²) in [5.41, 5.74) is 3.63. The van der Waals surface area contributed by atoms with E-state index in [-0.39, 0.29) is 5.91 Å². The van der Waals surface area contributed by atoms with Gasteiger partial charge in [-0.3, -0.25) is 4.79 Å². The molecule has 0 atom stereocenters. The third kappa shape index (κ3) is 4.45. The minimum Gasteiger partial charge on any atom is -0.494 e. The molecular weight excluding hydrogens is 324 g/mol. The van der Waals surface area contributed by atoms with E-state index in [4.69, 9.17) is 4.74 Å². The summed E-state index contributed by atoms with van der Waals surface area (Å²) in [5.74, 6) is 0.985. The van der Waals surface area contributed by atoms with Crippen molar-refractivity contribution in [3.8, 4) is 5.75 Å².